The van der Waals surface area contributed by atoms with Gasteiger partial charge in [-0.05, 0) is 68.6 Å². The highest BCUT2D eigenvalue weighted by Crippen LogP contribution is 2.67. The Labute approximate surface area is 240 Å². The molecule has 2 nitrogen and oxygen atoms in total. The average molecular weight is 540 g/mol. The molecule has 3 heteroatoms. The Balaban J connectivity index is 1.26. The molecule has 1 unspecified atom stereocenters. The zero-order chi connectivity index (χ0) is 26.7. The molecule has 2 aliphatic carbocycles. The maximum absolute atomic E-state index is 6.36. The molecule has 0 spiro atoms. The Kier molecular flexibility index (Phi) is 4.04. The third-order valence-electron chi connectivity index (χ3n) is 9.15. The van der Waals surface area contributed by atoms with E-state index in [0.29, 0.717) is 0 Å². The highest BCUT2D eigenvalue weighted by Gasteiger charge is 2.54. The van der Waals surface area contributed by atoms with Gasteiger partial charge in [0.1, 0.15) is 11.2 Å². The van der Waals surface area contributed by atoms with Crippen LogP contribution in [-0.4, -0.2) is 4.98 Å². The molecule has 2 aliphatic rings. The van der Waals surface area contributed by atoms with Crippen molar-refractivity contribution in [2.75, 3.05) is 0 Å². The smallest absolute Gasteiger partial charge is 0.144 e. The fourth-order valence-corrected chi connectivity index (χ4v) is 8.88. The Bertz CT molecular complexity index is 2380. The Morgan fingerprint density at radius 3 is 2.22 bits per heavy atom. The third-order valence-corrected chi connectivity index (χ3v) is 10.4. The van der Waals surface area contributed by atoms with Crippen molar-refractivity contribution in [1.82, 2.24) is 4.98 Å². The number of rotatable bonds is 2. The highest BCUT2D eigenvalue weighted by atomic mass is 32.1. The second-order valence-corrected chi connectivity index (χ2v) is 12.1. The van der Waals surface area contributed by atoms with Gasteiger partial charge in [-0.25, -0.2) is 0 Å². The highest BCUT2D eigenvalue weighted by molar-refractivity contribution is 7.22. The van der Waals surface area contributed by atoms with Crippen LogP contribution in [0.2, 0.25) is 0 Å². The molecular weight excluding hydrogens is 518 g/mol. The summed E-state index contributed by atoms with van der Waals surface area (Å²) in [6.45, 7) is 0. The molecule has 0 amide bonds. The van der Waals surface area contributed by atoms with Crippen molar-refractivity contribution in [3.8, 4) is 32.8 Å². The van der Waals surface area contributed by atoms with Crippen LogP contribution in [0.25, 0.3) is 64.8 Å². The second-order valence-electron chi connectivity index (χ2n) is 11.0. The molecule has 10 rings (SSSR count). The maximum atomic E-state index is 6.36. The number of fused-ring (bicyclic) bond motifs is 11. The number of thiophene rings is 1. The SMILES string of the molecule is c1ccc2c(c1)-c1cccc3c1C2(c1ccc(-c2cccc4c2oc2ccccc24)nc1)c1c-3sc2ccccc12. The number of benzene rings is 5. The quantitative estimate of drug-likeness (QED) is 0.218. The van der Waals surface area contributed by atoms with Gasteiger partial charge in [-0.2, -0.15) is 0 Å². The van der Waals surface area contributed by atoms with Crippen LogP contribution < -0.4 is 0 Å². The van der Waals surface area contributed by atoms with Crippen molar-refractivity contribution in [3.05, 3.63) is 150 Å². The van der Waals surface area contributed by atoms with E-state index >= 15 is 0 Å². The van der Waals surface area contributed by atoms with Gasteiger partial charge < -0.3 is 4.42 Å². The van der Waals surface area contributed by atoms with E-state index in [1.54, 1.807) is 0 Å². The first-order chi connectivity index (χ1) is 20.3. The van der Waals surface area contributed by atoms with Crippen LogP contribution in [0, 0.1) is 0 Å². The topological polar surface area (TPSA) is 26.0 Å². The Morgan fingerprint density at radius 1 is 0.561 bits per heavy atom. The van der Waals surface area contributed by atoms with E-state index in [1.165, 1.54) is 53.9 Å². The first-order valence-electron chi connectivity index (χ1n) is 14.0. The molecule has 0 saturated heterocycles. The first-order valence-corrected chi connectivity index (χ1v) is 14.8. The van der Waals surface area contributed by atoms with Gasteiger partial charge in [-0.15, -0.1) is 11.3 Å². The molecule has 0 saturated carbocycles. The molecule has 3 aromatic heterocycles. The maximum Gasteiger partial charge on any atom is 0.144 e. The van der Waals surface area contributed by atoms with Gasteiger partial charge in [0.2, 0.25) is 0 Å². The molecule has 0 N–H and O–H groups in total. The lowest BCUT2D eigenvalue weighted by Crippen LogP contribution is -2.26. The van der Waals surface area contributed by atoms with Gasteiger partial charge in [-0.1, -0.05) is 97.1 Å². The van der Waals surface area contributed by atoms with Gasteiger partial charge in [0.25, 0.3) is 0 Å². The summed E-state index contributed by atoms with van der Waals surface area (Å²) in [5, 5.41) is 3.59. The second kappa shape index (κ2) is 7.60. The zero-order valence-electron chi connectivity index (χ0n) is 21.9. The van der Waals surface area contributed by atoms with E-state index in [0.717, 1.165) is 33.2 Å². The summed E-state index contributed by atoms with van der Waals surface area (Å²) in [6.07, 6.45) is 2.11. The molecule has 0 aliphatic heterocycles. The largest absolute Gasteiger partial charge is 0.455 e. The monoisotopic (exact) mass is 539 g/mol. The third kappa shape index (κ3) is 2.56. The van der Waals surface area contributed by atoms with E-state index in [-0.39, 0.29) is 0 Å². The molecule has 0 fully saturated rings. The number of furan rings is 1. The predicted molar refractivity (Wildman–Crippen MR) is 169 cm³/mol. The summed E-state index contributed by atoms with van der Waals surface area (Å²) in [4.78, 5) is 6.54. The van der Waals surface area contributed by atoms with E-state index in [1.807, 2.05) is 23.5 Å². The summed E-state index contributed by atoms with van der Waals surface area (Å²) in [7, 11) is 0. The van der Waals surface area contributed by atoms with E-state index in [2.05, 4.69) is 115 Å². The molecule has 190 valence electrons. The van der Waals surface area contributed by atoms with Gasteiger partial charge in [-0.3, -0.25) is 4.98 Å². The summed E-state index contributed by atoms with van der Waals surface area (Å²) < 4.78 is 7.69. The number of pyridine rings is 1. The van der Waals surface area contributed by atoms with Gasteiger partial charge in [0.15, 0.2) is 0 Å². The minimum atomic E-state index is -0.394. The summed E-state index contributed by atoms with van der Waals surface area (Å²) in [5.74, 6) is 0. The van der Waals surface area contributed by atoms with Crippen molar-refractivity contribution >= 4 is 43.4 Å². The molecule has 41 heavy (non-hydrogen) atoms. The number of hydrogen-bond donors (Lipinski definition) is 0. The zero-order valence-corrected chi connectivity index (χ0v) is 22.7. The summed E-state index contributed by atoms with van der Waals surface area (Å²) in [5.41, 5.74) is 12.7. The molecule has 5 aromatic carbocycles. The molecule has 1 atom stereocenters. The van der Waals surface area contributed by atoms with Gasteiger partial charge >= 0.3 is 0 Å². The van der Waals surface area contributed by atoms with Gasteiger partial charge in [0.05, 0.1) is 11.1 Å². The van der Waals surface area contributed by atoms with Crippen LogP contribution in [0.3, 0.4) is 0 Å². The molecule has 0 bridgehead atoms. The summed E-state index contributed by atoms with van der Waals surface area (Å²) >= 11 is 1.91. The van der Waals surface area contributed by atoms with Crippen LogP contribution in [-0.2, 0) is 5.41 Å². The lowest BCUT2D eigenvalue weighted by Gasteiger charge is -2.30. The standard InChI is InChI=1S/C38H21NOS/c1-4-16-30-23(9-1)25-12-7-15-29-34(25)38(30,35-28-11-3-6-18-33(28)41-37(29)35)22-19-20-31(39-21-22)27-14-8-13-26-24-10-2-5-17-32(24)40-36(26)27/h1-21H. The average Bonchev–Trinajstić information content (AvgIpc) is 3.76. The fourth-order valence-electron chi connectivity index (χ4n) is 7.58. The van der Waals surface area contributed by atoms with E-state index in [9.17, 15) is 0 Å². The van der Waals surface area contributed by atoms with Crippen molar-refractivity contribution in [3.63, 3.8) is 0 Å². The lowest BCUT2D eigenvalue weighted by molar-refractivity contribution is 0.670. The van der Waals surface area contributed by atoms with E-state index in [4.69, 9.17) is 9.40 Å². The predicted octanol–water partition coefficient (Wildman–Crippen LogP) is 10.2. The Hall–Kier alpha value is -4.99. The van der Waals surface area contributed by atoms with Crippen LogP contribution in [0.15, 0.2) is 132 Å². The van der Waals surface area contributed by atoms with Crippen LogP contribution >= 0.6 is 11.3 Å². The minimum Gasteiger partial charge on any atom is -0.455 e. The van der Waals surface area contributed by atoms with E-state index < -0.39 is 5.41 Å². The fraction of sp³-hybridized carbons (Fsp3) is 0.0263. The molecular formula is C38H21NOS. The van der Waals surface area contributed by atoms with Crippen molar-refractivity contribution in [1.29, 1.82) is 0 Å². The summed E-state index contributed by atoms with van der Waals surface area (Å²) in [6, 6.07) is 43.7. The number of hydrogen-bond acceptors (Lipinski definition) is 3. The van der Waals surface area contributed by atoms with Crippen molar-refractivity contribution < 1.29 is 4.42 Å². The number of para-hydroxylation sites is 2. The Morgan fingerprint density at radius 2 is 1.29 bits per heavy atom. The first kappa shape index (κ1) is 21.8. The van der Waals surface area contributed by atoms with Crippen LogP contribution in [0.4, 0.5) is 0 Å². The van der Waals surface area contributed by atoms with Crippen LogP contribution in [0.5, 0.6) is 0 Å². The molecule has 8 aromatic rings. The lowest BCUT2D eigenvalue weighted by atomic mass is 9.70. The van der Waals surface area contributed by atoms with Crippen molar-refractivity contribution in [2.45, 2.75) is 5.41 Å². The molecule has 0 radical (unpaired) electrons. The molecule has 3 heterocycles. The van der Waals surface area contributed by atoms with Gasteiger partial charge in [0, 0.05) is 32.1 Å². The number of nitrogens with zero attached hydrogens (tertiary/aromatic N) is 1. The number of aromatic nitrogens is 1. The van der Waals surface area contributed by atoms with Crippen molar-refractivity contribution in [2.24, 2.45) is 0 Å². The van der Waals surface area contributed by atoms with Crippen LogP contribution in [0.1, 0.15) is 22.3 Å². The minimum absolute atomic E-state index is 0.394. The normalized spacial score (nSPS) is 16.4.